The van der Waals surface area contributed by atoms with E-state index >= 15 is 0 Å². The van der Waals surface area contributed by atoms with Gasteiger partial charge in [-0.2, -0.15) is 0 Å². The zero-order valence-corrected chi connectivity index (χ0v) is 24.4. The van der Waals surface area contributed by atoms with Crippen LogP contribution in [0.25, 0.3) is 22.2 Å². The smallest absolute Gasteiger partial charge is 0.307 e. The van der Waals surface area contributed by atoms with Crippen molar-refractivity contribution in [2.24, 2.45) is 0 Å². The van der Waals surface area contributed by atoms with E-state index < -0.39 is 23.5 Å². The number of anilines is 1. The summed E-state index contributed by atoms with van der Waals surface area (Å²) in [5.41, 5.74) is 6.80. The molecule has 0 bridgehead atoms. The van der Waals surface area contributed by atoms with Crippen LogP contribution in [0.4, 0.5) is 5.69 Å². The summed E-state index contributed by atoms with van der Waals surface area (Å²) in [7, 11) is 0. The van der Waals surface area contributed by atoms with Crippen molar-refractivity contribution in [2.75, 3.05) is 11.9 Å². The number of esters is 1. The second kappa shape index (κ2) is 11.1. The number of hydrogen-bond acceptors (Lipinski definition) is 4. The average Bonchev–Trinajstić information content (AvgIpc) is 3.60. The molecule has 42 heavy (non-hydrogen) atoms. The highest BCUT2D eigenvalue weighted by atomic mass is 16.6. The molecular weight excluding hydrogens is 526 g/mol. The lowest BCUT2D eigenvalue weighted by Gasteiger charge is -2.29. The molecule has 1 aliphatic heterocycles. The number of carbonyl (C=O) groups is 3. The molecule has 2 heterocycles. The van der Waals surface area contributed by atoms with Crippen LogP contribution in [0, 0.1) is 0 Å². The van der Waals surface area contributed by atoms with E-state index in [-0.39, 0.29) is 18.2 Å². The number of aromatic nitrogens is 1. The molecule has 0 spiro atoms. The van der Waals surface area contributed by atoms with Crippen LogP contribution in [0.3, 0.4) is 0 Å². The second-order valence-electron chi connectivity index (χ2n) is 12.3. The van der Waals surface area contributed by atoms with Crippen LogP contribution in [0.2, 0.25) is 0 Å². The number of aromatic amines is 1. The van der Waals surface area contributed by atoms with Crippen molar-refractivity contribution >= 4 is 34.4 Å². The van der Waals surface area contributed by atoms with E-state index in [1.807, 2.05) is 63.2 Å². The summed E-state index contributed by atoms with van der Waals surface area (Å²) >= 11 is 0. The summed E-state index contributed by atoms with van der Waals surface area (Å²) < 4.78 is 5.55. The summed E-state index contributed by atoms with van der Waals surface area (Å²) in [5.74, 6) is -1.57. The fourth-order valence-corrected chi connectivity index (χ4v) is 6.38. The standard InChI is InChI=1S/C35H37N3O4/c1-35(2,3)42-31(39)21-28(22-10-5-4-6-11-22)34(41)38-19-9-14-30(38)33(40)36-24-16-18-25-23(20-24)15-17-27-26-12-7-8-13-29(26)37-32(25)27/h4-8,10-13,16,18,20,28,30,37H,9,14-15,17,19,21H2,1-3H3,(H,36,40)/t28-,30+/m1/s1. The number of likely N-dealkylation sites (tertiary alicyclic amines) is 1. The highest BCUT2D eigenvalue weighted by Gasteiger charge is 2.39. The fraction of sp³-hybridized carbons (Fsp3) is 0.343. The highest BCUT2D eigenvalue weighted by Crippen LogP contribution is 2.38. The van der Waals surface area contributed by atoms with Gasteiger partial charge in [-0.15, -0.1) is 0 Å². The first kappa shape index (κ1) is 27.8. The van der Waals surface area contributed by atoms with Crippen LogP contribution in [-0.4, -0.2) is 45.9 Å². The van der Waals surface area contributed by atoms with Crippen LogP contribution in [0.1, 0.15) is 62.6 Å². The molecule has 2 amide bonds. The molecule has 2 atom stereocenters. The predicted octanol–water partition coefficient (Wildman–Crippen LogP) is 6.38. The Kier molecular flexibility index (Phi) is 7.35. The molecule has 0 unspecified atom stereocenters. The van der Waals surface area contributed by atoms with Crippen molar-refractivity contribution in [3.63, 3.8) is 0 Å². The molecule has 1 saturated heterocycles. The van der Waals surface area contributed by atoms with Gasteiger partial charge in [0.15, 0.2) is 0 Å². The van der Waals surface area contributed by atoms with E-state index in [1.54, 1.807) is 4.90 Å². The summed E-state index contributed by atoms with van der Waals surface area (Å²) in [6, 6.07) is 23.1. The average molecular weight is 564 g/mol. The Balaban J connectivity index is 1.20. The van der Waals surface area contributed by atoms with Crippen LogP contribution in [0.5, 0.6) is 0 Å². The third kappa shape index (κ3) is 5.56. The van der Waals surface area contributed by atoms with Gasteiger partial charge in [0, 0.05) is 34.4 Å². The van der Waals surface area contributed by atoms with E-state index in [9.17, 15) is 14.4 Å². The quantitative estimate of drug-likeness (QED) is 0.266. The lowest BCUT2D eigenvalue weighted by molar-refractivity contribution is -0.157. The fourth-order valence-electron chi connectivity index (χ4n) is 6.38. The molecule has 3 aromatic carbocycles. The third-order valence-corrected chi connectivity index (χ3v) is 8.23. The van der Waals surface area contributed by atoms with Gasteiger partial charge in [0.25, 0.3) is 0 Å². The molecule has 0 saturated carbocycles. The minimum atomic E-state index is -0.719. The first-order valence-electron chi connectivity index (χ1n) is 14.8. The number of H-pyrrole nitrogens is 1. The lowest BCUT2D eigenvalue weighted by atomic mass is 9.88. The Morgan fingerprint density at radius 1 is 1.00 bits per heavy atom. The van der Waals surface area contributed by atoms with E-state index in [1.165, 1.54) is 16.5 Å². The van der Waals surface area contributed by atoms with Gasteiger partial charge >= 0.3 is 5.97 Å². The molecule has 0 radical (unpaired) electrons. The summed E-state index contributed by atoms with van der Waals surface area (Å²) in [6.45, 7) is 5.91. The molecule has 7 nitrogen and oxygen atoms in total. The summed E-state index contributed by atoms with van der Waals surface area (Å²) in [4.78, 5) is 45.5. The molecule has 6 rings (SSSR count). The Hall–Kier alpha value is -4.39. The Labute approximate surface area is 246 Å². The Morgan fingerprint density at radius 3 is 2.55 bits per heavy atom. The number of fused-ring (bicyclic) bond motifs is 5. The normalized spacial score (nSPS) is 16.9. The molecular formula is C35H37N3O4. The van der Waals surface area contributed by atoms with Crippen molar-refractivity contribution in [2.45, 2.75) is 70.4 Å². The number of amides is 2. The van der Waals surface area contributed by atoms with Crippen molar-refractivity contribution < 1.29 is 19.1 Å². The number of ether oxygens (including phenoxy) is 1. The first-order valence-corrected chi connectivity index (χ1v) is 14.8. The Bertz CT molecular complexity index is 1650. The molecule has 1 aromatic heterocycles. The minimum absolute atomic E-state index is 0.0779. The largest absolute Gasteiger partial charge is 0.460 e. The number of rotatable bonds is 6. The van der Waals surface area contributed by atoms with Gasteiger partial charge in [0.1, 0.15) is 11.6 Å². The van der Waals surface area contributed by atoms with Gasteiger partial charge in [-0.3, -0.25) is 14.4 Å². The number of hydrogen-bond donors (Lipinski definition) is 2. The van der Waals surface area contributed by atoms with Crippen LogP contribution >= 0.6 is 0 Å². The minimum Gasteiger partial charge on any atom is -0.460 e. The molecule has 216 valence electrons. The predicted molar refractivity (Wildman–Crippen MR) is 164 cm³/mol. The lowest BCUT2D eigenvalue weighted by Crippen LogP contribution is -2.45. The number of para-hydroxylation sites is 1. The molecule has 4 aromatic rings. The van der Waals surface area contributed by atoms with Crippen molar-refractivity contribution in [3.05, 3.63) is 89.5 Å². The number of nitrogens with zero attached hydrogens (tertiary/aromatic N) is 1. The van der Waals surface area contributed by atoms with Gasteiger partial charge in [0.05, 0.1) is 12.3 Å². The van der Waals surface area contributed by atoms with Gasteiger partial charge < -0.3 is 19.9 Å². The number of carbonyl (C=O) groups excluding carboxylic acids is 3. The van der Waals surface area contributed by atoms with E-state index in [0.717, 1.165) is 47.3 Å². The molecule has 1 fully saturated rings. The topological polar surface area (TPSA) is 91.5 Å². The van der Waals surface area contributed by atoms with Crippen LogP contribution in [-0.2, 0) is 32.0 Å². The summed E-state index contributed by atoms with van der Waals surface area (Å²) in [5, 5.41) is 4.35. The molecule has 7 heteroatoms. The summed E-state index contributed by atoms with van der Waals surface area (Å²) in [6.07, 6.45) is 3.06. The van der Waals surface area contributed by atoms with E-state index in [0.29, 0.717) is 13.0 Å². The number of nitrogens with one attached hydrogen (secondary N) is 2. The zero-order valence-electron chi connectivity index (χ0n) is 24.4. The van der Waals surface area contributed by atoms with E-state index in [4.69, 9.17) is 4.74 Å². The maximum atomic E-state index is 13.9. The van der Waals surface area contributed by atoms with Crippen LogP contribution < -0.4 is 5.32 Å². The molecule has 1 aliphatic carbocycles. The highest BCUT2D eigenvalue weighted by molar-refractivity contribution is 6.00. The van der Waals surface area contributed by atoms with Crippen LogP contribution in [0.15, 0.2) is 72.8 Å². The van der Waals surface area contributed by atoms with Gasteiger partial charge in [0.2, 0.25) is 11.8 Å². The van der Waals surface area contributed by atoms with Gasteiger partial charge in [-0.05, 0) is 81.3 Å². The van der Waals surface area contributed by atoms with Gasteiger partial charge in [-0.1, -0.05) is 54.6 Å². The monoisotopic (exact) mass is 563 g/mol. The first-order chi connectivity index (χ1) is 20.2. The van der Waals surface area contributed by atoms with Crippen molar-refractivity contribution in [1.82, 2.24) is 9.88 Å². The SMILES string of the molecule is CC(C)(C)OC(=O)C[C@@H](C(=O)N1CCC[C@H]1C(=O)Nc1ccc2c(c1)CCc1c-2[nH]c2ccccc12)c1ccccc1. The van der Waals surface area contributed by atoms with Gasteiger partial charge in [-0.25, -0.2) is 0 Å². The van der Waals surface area contributed by atoms with E-state index in [2.05, 4.69) is 40.6 Å². The number of aryl methyl sites for hydroxylation is 2. The Morgan fingerprint density at radius 2 is 1.76 bits per heavy atom. The van der Waals surface area contributed by atoms with Crippen molar-refractivity contribution in [1.29, 1.82) is 0 Å². The number of benzene rings is 3. The maximum Gasteiger partial charge on any atom is 0.307 e. The molecule has 2 N–H and O–H groups in total. The molecule has 2 aliphatic rings. The third-order valence-electron chi connectivity index (χ3n) is 8.23. The maximum absolute atomic E-state index is 13.9. The second-order valence-corrected chi connectivity index (χ2v) is 12.3. The van der Waals surface area contributed by atoms with Crippen molar-refractivity contribution in [3.8, 4) is 11.3 Å². The zero-order chi connectivity index (χ0) is 29.4.